The Labute approximate surface area is 118 Å². The molecule has 5 nitrogen and oxygen atoms in total. The molecule has 1 aliphatic heterocycles. The fraction of sp³-hybridized carbons (Fsp3) is 0.467. The first kappa shape index (κ1) is 13.0. The Hall–Kier alpha value is -2.04. The molecule has 5 heteroatoms. The maximum absolute atomic E-state index is 12.2. The summed E-state index contributed by atoms with van der Waals surface area (Å²) in [6, 6.07) is 3.84. The van der Waals surface area contributed by atoms with Crippen molar-refractivity contribution in [2.24, 2.45) is 13.0 Å². The monoisotopic (exact) mass is 272 g/mol. The van der Waals surface area contributed by atoms with E-state index in [2.05, 4.69) is 14.9 Å². The lowest BCUT2D eigenvalue weighted by molar-refractivity contribution is 0.0935. The van der Waals surface area contributed by atoms with Gasteiger partial charge in [-0.1, -0.05) is 0 Å². The van der Waals surface area contributed by atoms with E-state index in [0.29, 0.717) is 5.92 Å². The summed E-state index contributed by atoms with van der Waals surface area (Å²) in [4.78, 5) is 16.5. The van der Waals surface area contributed by atoms with Crippen molar-refractivity contribution in [2.45, 2.75) is 26.3 Å². The molecule has 3 heterocycles. The van der Waals surface area contributed by atoms with E-state index >= 15 is 0 Å². The van der Waals surface area contributed by atoms with Crippen molar-refractivity contribution in [3.63, 3.8) is 0 Å². The average Bonchev–Trinajstić information content (AvgIpc) is 3.03. The molecule has 106 valence electrons. The lowest BCUT2D eigenvalue weighted by atomic mass is 9.99. The third kappa shape index (κ3) is 2.35. The summed E-state index contributed by atoms with van der Waals surface area (Å²) in [5.74, 6) is 1.66. The number of rotatable bonds is 3. The minimum atomic E-state index is 0.0111. The fourth-order valence-electron chi connectivity index (χ4n) is 2.77. The summed E-state index contributed by atoms with van der Waals surface area (Å²) in [5.41, 5.74) is 1.82. The molecule has 0 bridgehead atoms. The number of nitrogens with one attached hydrogen (secondary N) is 1. The Morgan fingerprint density at radius 1 is 1.50 bits per heavy atom. The number of nitrogens with zero attached hydrogens (tertiary/aromatic N) is 3. The van der Waals surface area contributed by atoms with Crippen molar-refractivity contribution >= 4 is 5.91 Å². The maximum atomic E-state index is 12.2. The molecule has 2 aromatic rings. The first-order chi connectivity index (χ1) is 9.65. The Balaban J connectivity index is 1.58. The van der Waals surface area contributed by atoms with Crippen molar-refractivity contribution in [2.75, 3.05) is 6.54 Å². The second-order valence-corrected chi connectivity index (χ2v) is 5.53. The predicted molar refractivity (Wildman–Crippen MR) is 76.5 cm³/mol. The van der Waals surface area contributed by atoms with E-state index < -0.39 is 0 Å². The number of imidazole rings is 1. The van der Waals surface area contributed by atoms with Crippen molar-refractivity contribution in [1.82, 2.24) is 19.4 Å². The standard InChI is InChI=1S/C15H20N4O/c1-11-3-5-13(18(11)2)15(20)17-9-12-4-6-14-16-7-8-19(14)10-12/h3,5,7-8,12H,4,6,9-10H2,1-2H3,(H,17,20)/t12-/m1/s1. The zero-order valence-electron chi connectivity index (χ0n) is 12.0. The summed E-state index contributed by atoms with van der Waals surface area (Å²) in [6.45, 7) is 3.67. The number of aromatic nitrogens is 3. The van der Waals surface area contributed by atoms with Crippen LogP contribution in [0.2, 0.25) is 0 Å². The summed E-state index contributed by atoms with van der Waals surface area (Å²) in [6.07, 6.45) is 5.95. The van der Waals surface area contributed by atoms with Gasteiger partial charge in [-0.15, -0.1) is 0 Å². The largest absolute Gasteiger partial charge is 0.350 e. The maximum Gasteiger partial charge on any atom is 0.267 e. The van der Waals surface area contributed by atoms with E-state index in [4.69, 9.17) is 0 Å². The molecule has 0 fully saturated rings. The normalized spacial score (nSPS) is 17.8. The zero-order chi connectivity index (χ0) is 14.1. The second-order valence-electron chi connectivity index (χ2n) is 5.53. The summed E-state index contributed by atoms with van der Waals surface area (Å²) in [7, 11) is 1.92. The van der Waals surface area contributed by atoms with Gasteiger partial charge in [0, 0.05) is 44.6 Å². The predicted octanol–water partition coefficient (Wildman–Crippen LogP) is 1.52. The van der Waals surface area contributed by atoms with Gasteiger partial charge in [0.05, 0.1) is 0 Å². The molecule has 1 aliphatic rings. The number of hydrogen-bond acceptors (Lipinski definition) is 2. The van der Waals surface area contributed by atoms with E-state index in [-0.39, 0.29) is 5.91 Å². The Morgan fingerprint density at radius 2 is 2.35 bits per heavy atom. The van der Waals surface area contributed by atoms with Crippen LogP contribution in [-0.4, -0.2) is 26.6 Å². The lowest BCUT2D eigenvalue weighted by Gasteiger charge is -2.24. The van der Waals surface area contributed by atoms with Gasteiger partial charge in [-0.25, -0.2) is 4.98 Å². The summed E-state index contributed by atoms with van der Waals surface area (Å²) < 4.78 is 4.11. The van der Waals surface area contributed by atoms with E-state index in [9.17, 15) is 4.79 Å². The van der Waals surface area contributed by atoms with Crippen molar-refractivity contribution in [3.8, 4) is 0 Å². The molecule has 1 N–H and O–H groups in total. The van der Waals surface area contributed by atoms with Gasteiger partial charge < -0.3 is 14.5 Å². The Morgan fingerprint density at radius 3 is 3.10 bits per heavy atom. The molecule has 1 atom stereocenters. The van der Waals surface area contributed by atoms with E-state index in [1.165, 1.54) is 0 Å². The molecule has 0 saturated heterocycles. The van der Waals surface area contributed by atoms with Crippen LogP contribution in [0.5, 0.6) is 0 Å². The van der Waals surface area contributed by atoms with Crippen LogP contribution in [0.15, 0.2) is 24.5 Å². The van der Waals surface area contributed by atoms with E-state index in [1.807, 2.05) is 43.1 Å². The lowest BCUT2D eigenvalue weighted by Crippen LogP contribution is -2.34. The highest BCUT2D eigenvalue weighted by Crippen LogP contribution is 2.18. The molecule has 20 heavy (non-hydrogen) atoms. The highest BCUT2D eigenvalue weighted by Gasteiger charge is 2.20. The van der Waals surface area contributed by atoms with Gasteiger partial charge in [0.25, 0.3) is 5.91 Å². The molecule has 0 aromatic carbocycles. The van der Waals surface area contributed by atoms with Gasteiger partial charge in [0.1, 0.15) is 11.5 Å². The van der Waals surface area contributed by atoms with Crippen molar-refractivity contribution in [1.29, 1.82) is 0 Å². The van der Waals surface area contributed by atoms with E-state index in [0.717, 1.165) is 43.1 Å². The molecule has 0 aliphatic carbocycles. The summed E-state index contributed by atoms with van der Waals surface area (Å²) in [5, 5.41) is 3.05. The quantitative estimate of drug-likeness (QED) is 0.921. The van der Waals surface area contributed by atoms with Gasteiger partial charge in [-0.05, 0) is 31.4 Å². The molecule has 2 aromatic heterocycles. The molecular formula is C15H20N4O. The van der Waals surface area contributed by atoms with Crippen LogP contribution in [0.1, 0.15) is 28.4 Å². The Bertz CT molecular complexity index is 626. The third-order valence-electron chi connectivity index (χ3n) is 4.19. The van der Waals surface area contributed by atoms with Gasteiger partial charge >= 0.3 is 0 Å². The highest BCUT2D eigenvalue weighted by atomic mass is 16.1. The number of fused-ring (bicyclic) bond motifs is 1. The smallest absolute Gasteiger partial charge is 0.267 e. The Kier molecular flexibility index (Phi) is 3.34. The van der Waals surface area contributed by atoms with E-state index in [1.54, 1.807) is 0 Å². The number of carbonyl (C=O) groups excluding carboxylic acids is 1. The van der Waals surface area contributed by atoms with Gasteiger partial charge in [0.2, 0.25) is 0 Å². The van der Waals surface area contributed by atoms with Crippen LogP contribution in [0.4, 0.5) is 0 Å². The number of amides is 1. The first-order valence-electron chi connectivity index (χ1n) is 7.05. The zero-order valence-corrected chi connectivity index (χ0v) is 12.0. The van der Waals surface area contributed by atoms with Gasteiger partial charge in [-0.2, -0.15) is 0 Å². The molecule has 0 saturated carbocycles. The molecule has 3 rings (SSSR count). The average molecular weight is 272 g/mol. The van der Waals surface area contributed by atoms with Crippen LogP contribution in [0, 0.1) is 12.8 Å². The first-order valence-corrected chi connectivity index (χ1v) is 7.05. The molecule has 0 spiro atoms. The van der Waals surface area contributed by atoms with Crippen LogP contribution < -0.4 is 5.32 Å². The van der Waals surface area contributed by atoms with Crippen molar-refractivity contribution < 1.29 is 4.79 Å². The molecule has 1 amide bonds. The number of carbonyl (C=O) groups is 1. The van der Waals surface area contributed by atoms with Crippen LogP contribution >= 0.6 is 0 Å². The van der Waals surface area contributed by atoms with Crippen LogP contribution in [0.25, 0.3) is 0 Å². The SMILES string of the molecule is Cc1ccc(C(=O)NC[C@H]2CCc3nccn3C2)n1C. The number of aryl methyl sites for hydroxylation is 2. The van der Waals surface area contributed by atoms with Gasteiger partial charge in [0.15, 0.2) is 0 Å². The molecule has 0 unspecified atom stereocenters. The molecular weight excluding hydrogens is 252 g/mol. The second kappa shape index (κ2) is 5.15. The van der Waals surface area contributed by atoms with Crippen molar-refractivity contribution in [3.05, 3.63) is 41.7 Å². The minimum absolute atomic E-state index is 0.0111. The van der Waals surface area contributed by atoms with Gasteiger partial charge in [-0.3, -0.25) is 4.79 Å². The number of hydrogen-bond donors (Lipinski definition) is 1. The molecule has 0 radical (unpaired) electrons. The topological polar surface area (TPSA) is 51.9 Å². The summed E-state index contributed by atoms with van der Waals surface area (Å²) >= 11 is 0. The van der Waals surface area contributed by atoms with Crippen LogP contribution in [-0.2, 0) is 20.0 Å². The minimum Gasteiger partial charge on any atom is -0.350 e. The van der Waals surface area contributed by atoms with Crippen LogP contribution in [0.3, 0.4) is 0 Å². The third-order valence-corrected chi connectivity index (χ3v) is 4.19. The highest BCUT2D eigenvalue weighted by molar-refractivity contribution is 5.92. The fourth-order valence-corrected chi connectivity index (χ4v) is 2.77.